The lowest BCUT2D eigenvalue weighted by molar-refractivity contribution is 0.0394. The first kappa shape index (κ1) is 15.8. The Morgan fingerprint density at radius 2 is 2.19 bits per heavy atom. The third-order valence-corrected chi connectivity index (χ3v) is 6.48. The SMILES string of the molecule is CCc1nn(CC)c(CC2(CCl)CCOC2C2CC2)c1Br. The largest absolute Gasteiger partial charge is 0.377 e. The van der Waals surface area contributed by atoms with E-state index in [9.17, 15) is 0 Å². The number of aromatic nitrogens is 2. The average Bonchev–Trinajstić information content (AvgIpc) is 3.19. The molecule has 1 aliphatic carbocycles. The number of nitrogens with zero attached hydrogens (tertiary/aromatic N) is 2. The first-order valence-corrected chi connectivity index (χ1v) is 9.39. The molecule has 0 aromatic carbocycles. The quantitative estimate of drug-likeness (QED) is 0.697. The van der Waals surface area contributed by atoms with Crippen LogP contribution in [0.1, 0.15) is 44.5 Å². The lowest BCUT2D eigenvalue weighted by Crippen LogP contribution is -2.37. The van der Waals surface area contributed by atoms with Crippen LogP contribution in [0.25, 0.3) is 0 Å². The Kier molecular flexibility index (Phi) is 4.68. The molecule has 2 fully saturated rings. The molecule has 1 aliphatic heterocycles. The van der Waals surface area contributed by atoms with Crippen LogP contribution in [0, 0.1) is 11.3 Å². The summed E-state index contributed by atoms with van der Waals surface area (Å²) in [6.07, 6.45) is 5.94. The van der Waals surface area contributed by atoms with Crippen LogP contribution in [0.3, 0.4) is 0 Å². The summed E-state index contributed by atoms with van der Waals surface area (Å²) in [6, 6.07) is 0. The smallest absolute Gasteiger partial charge is 0.0766 e. The van der Waals surface area contributed by atoms with Gasteiger partial charge in [0, 0.05) is 24.4 Å². The highest BCUT2D eigenvalue weighted by atomic mass is 79.9. The van der Waals surface area contributed by atoms with Gasteiger partial charge >= 0.3 is 0 Å². The van der Waals surface area contributed by atoms with Crippen molar-refractivity contribution in [3.63, 3.8) is 0 Å². The van der Waals surface area contributed by atoms with Crippen molar-refractivity contribution in [2.75, 3.05) is 12.5 Å². The van der Waals surface area contributed by atoms with Crippen molar-refractivity contribution in [2.45, 2.75) is 58.6 Å². The average molecular weight is 376 g/mol. The maximum atomic E-state index is 6.44. The lowest BCUT2D eigenvalue weighted by Gasteiger charge is -2.32. The van der Waals surface area contributed by atoms with Crippen LogP contribution in [0.4, 0.5) is 0 Å². The fourth-order valence-corrected chi connectivity index (χ4v) is 4.73. The highest BCUT2D eigenvalue weighted by Gasteiger charge is 2.51. The molecule has 21 heavy (non-hydrogen) atoms. The van der Waals surface area contributed by atoms with E-state index >= 15 is 0 Å². The molecule has 3 nitrogen and oxygen atoms in total. The summed E-state index contributed by atoms with van der Waals surface area (Å²) in [5, 5.41) is 4.73. The van der Waals surface area contributed by atoms with Crippen molar-refractivity contribution < 1.29 is 4.74 Å². The van der Waals surface area contributed by atoms with E-state index in [0.717, 1.165) is 44.0 Å². The van der Waals surface area contributed by atoms with E-state index in [1.807, 2.05) is 0 Å². The summed E-state index contributed by atoms with van der Waals surface area (Å²) >= 11 is 10.2. The number of aryl methyl sites for hydroxylation is 2. The van der Waals surface area contributed by atoms with Gasteiger partial charge in [-0.15, -0.1) is 11.6 Å². The maximum Gasteiger partial charge on any atom is 0.0766 e. The van der Waals surface area contributed by atoms with E-state index < -0.39 is 0 Å². The first-order chi connectivity index (χ1) is 10.1. The number of ether oxygens (including phenoxy) is 1. The third-order valence-electron chi connectivity index (χ3n) is 5.03. The second-order valence-electron chi connectivity index (χ2n) is 6.43. The molecule has 2 unspecified atom stereocenters. The summed E-state index contributed by atoms with van der Waals surface area (Å²) in [5.41, 5.74) is 2.54. The highest BCUT2D eigenvalue weighted by molar-refractivity contribution is 9.10. The van der Waals surface area contributed by atoms with Gasteiger partial charge in [-0.1, -0.05) is 6.92 Å². The third kappa shape index (κ3) is 2.79. The summed E-state index contributed by atoms with van der Waals surface area (Å²) in [7, 11) is 0. The minimum absolute atomic E-state index is 0.0865. The normalized spacial score (nSPS) is 29.2. The van der Waals surface area contributed by atoms with Crippen LogP contribution < -0.4 is 0 Å². The monoisotopic (exact) mass is 374 g/mol. The molecule has 5 heteroatoms. The van der Waals surface area contributed by atoms with Crippen molar-refractivity contribution in [2.24, 2.45) is 11.3 Å². The van der Waals surface area contributed by atoms with Gasteiger partial charge in [0.25, 0.3) is 0 Å². The second kappa shape index (κ2) is 6.21. The standard InChI is InChI=1S/C16H24BrClN2O/c1-3-12-14(17)13(20(4-2)19-12)9-16(10-18)7-8-21-15(16)11-5-6-11/h11,15H,3-10H2,1-2H3. The molecule has 1 aromatic heterocycles. The molecule has 0 spiro atoms. The highest BCUT2D eigenvalue weighted by Crippen LogP contribution is 2.50. The maximum absolute atomic E-state index is 6.44. The second-order valence-corrected chi connectivity index (χ2v) is 7.49. The zero-order valence-corrected chi connectivity index (χ0v) is 15.2. The molecule has 0 radical (unpaired) electrons. The van der Waals surface area contributed by atoms with Crippen molar-refractivity contribution >= 4 is 27.5 Å². The van der Waals surface area contributed by atoms with Gasteiger partial charge in [0.15, 0.2) is 0 Å². The van der Waals surface area contributed by atoms with Gasteiger partial charge in [-0.25, -0.2) is 0 Å². The van der Waals surface area contributed by atoms with Gasteiger partial charge in [-0.3, -0.25) is 4.68 Å². The summed E-state index contributed by atoms with van der Waals surface area (Å²) in [4.78, 5) is 0. The Hall–Kier alpha value is -0.0600. The van der Waals surface area contributed by atoms with E-state index in [1.54, 1.807) is 0 Å². The molecule has 1 aromatic rings. The molecule has 118 valence electrons. The Balaban J connectivity index is 1.91. The number of rotatable bonds is 6. The Morgan fingerprint density at radius 1 is 1.43 bits per heavy atom. The van der Waals surface area contributed by atoms with Gasteiger partial charge in [0.05, 0.1) is 22.0 Å². The van der Waals surface area contributed by atoms with Gasteiger partial charge in [-0.05, 0) is 60.9 Å². The zero-order chi connectivity index (χ0) is 15.0. The molecule has 0 N–H and O–H groups in total. The predicted molar refractivity (Wildman–Crippen MR) is 88.9 cm³/mol. The molecule has 1 saturated carbocycles. The van der Waals surface area contributed by atoms with Gasteiger partial charge in [-0.2, -0.15) is 5.10 Å². The Bertz CT molecular complexity index is 515. The van der Waals surface area contributed by atoms with E-state index in [2.05, 4.69) is 34.5 Å². The molecule has 2 heterocycles. The fraction of sp³-hybridized carbons (Fsp3) is 0.812. The first-order valence-electron chi connectivity index (χ1n) is 8.06. The number of halogens is 2. The number of alkyl halides is 1. The van der Waals surface area contributed by atoms with E-state index in [1.165, 1.54) is 23.0 Å². The van der Waals surface area contributed by atoms with Crippen molar-refractivity contribution in [1.82, 2.24) is 9.78 Å². The minimum atomic E-state index is 0.0865. The predicted octanol–water partition coefficient (Wildman–Crippen LogP) is 4.19. The molecule has 2 aliphatic rings. The molecular weight excluding hydrogens is 352 g/mol. The van der Waals surface area contributed by atoms with Crippen LogP contribution >= 0.6 is 27.5 Å². The topological polar surface area (TPSA) is 27.1 Å². The molecule has 0 amide bonds. The Morgan fingerprint density at radius 3 is 2.76 bits per heavy atom. The van der Waals surface area contributed by atoms with Crippen molar-refractivity contribution in [3.8, 4) is 0 Å². The van der Waals surface area contributed by atoms with E-state index in [4.69, 9.17) is 21.4 Å². The number of hydrogen-bond acceptors (Lipinski definition) is 2. The lowest BCUT2D eigenvalue weighted by atomic mass is 9.76. The van der Waals surface area contributed by atoms with Gasteiger partial charge < -0.3 is 4.74 Å². The van der Waals surface area contributed by atoms with Crippen molar-refractivity contribution in [1.29, 1.82) is 0 Å². The van der Waals surface area contributed by atoms with Gasteiger partial charge in [0.2, 0.25) is 0 Å². The zero-order valence-electron chi connectivity index (χ0n) is 12.9. The van der Waals surface area contributed by atoms with Crippen LogP contribution in [-0.2, 0) is 24.1 Å². The van der Waals surface area contributed by atoms with Crippen LogP contribution in [0.5, 0.6) is 0 Å². The van der Waals surface area contributed by atoms with Gasteiger partial charge in [0.1, 0.15) is 0 Å². The number of hydrogen-bond donors (Lipinski definition) is 0. The minimum Gasteiger partial charge on any atom is -0.377 e. The Labute approximate surface area is 140 Å². The van der Waals surface area contributed by atoms with Crippen LogP contribution in [-0.4, -0.2) is 28.4 Å². The van der Waals surface area contributed by atoms with Crippen molar-refractivity contribution in [3.05, 3.63) is 15.9 Å². The molecule has 2 atom stereocenters. The molecular formula is C16H24BrClN2O. The van der Waals surface area contributed by atoms with Crippen LogP contribution in [0.2, 0.25) is 0 Å². The summed E-state index contributed by atoms with van der Waals surface area (Å²) in [5.74, 6) is 1.41. The molecule has 1 saturated heterocycles. The van der Waals surface area contributed by atoms with E-state index in [-0.39, 0.29) is 5.41 Å². The van der Waals surface area contributed by atoms with E-state index in [0.29, 0.717) is 12.0 Å². The molecule has 3 rings (SSSR count). The molecule has 0 bridgehead atoms. The fourth-order valence-electron chi connectivity index (χ4n) is 3.64. The summed E-state index contributed by atoms with van der Waals surface area (Å²) < 4.78 is 9.39. The van der Waals surface area contributed by atoms with Crippen LogP contribution in [0.15, 0.2) is 4.47 Å². The summed E-state index contributed by atoms with van der Waals surface area (Å²) in [6.45, 7) is 6.06.